The predicted molar refractivity (Wildman–Crippen MR) is 125 cm³/mol. The fraction of sp³-hybridized carbons (Fsp3) is 0.0870. The largest absolute Gasteiger partial charge is 0.493 e. The molecular formula is C23H18Cl2FN3O4. The van der Waals surface area contributed by atoms with Crippen LogP contribution in [0.1, 0.15) is 11.1 Å². The Hall–Kier alpha value is -3.62. The van der Waals surface area contributed by atoms with E-state index in [1.165, 1.54) is 25.5 Å². The zero-order chi connectivity index (χ0) is 23.8. The Morgan fingerprint density at radius 2 is 1.76 bits per heavy atom. The van der Waals surface area contributed by atoms with Gasteiger partial charge < -0.3 is 14.8 Å². The van der Waals surface area contributed by atoms with E-state index in [9.17, 15) is 14.0 Å². The van der Waals surface area contributed by atoms with E-state index in [1.807, 2.05) is 0 Å². The van der Waals surface area contributed by atoms with E-state index in [-0.39, 0.29) is 17.2 Å². The molecule has 0 unspecified atom stereocenters. The summed E-state index contributed by atoms with van der Waals surface area (Å²) in [5.41, 5.74) is 3.21. The molecule has 0 aliphatic rings. The number of para-hydroxylation sites is 1. The van der Waals surface area contributed by atoms with Crippen molar-refractivity contribution in [2.24, 2.45) is 5.10 Å². The van der Waals surface area contributed by atoms with E-state index in [2.05, 4.69) is 15.8 Å². The van der Waals surface area contributed by atoms with Gasteiger partial charge in [0.1, 0.15) is 12.4 Å². The van der Waals surface area contributed by atoms with E-state index in [0.29, 0.717) is 27.8 Å². The lowest BCUT2D eigenvalue weighted by Gasteiger charge is -2.12. The summed E-state index contributed by atoms with van der Waals surface area (Å²) in [6.45, 7) is -0.0914. The maximum atomic E-state index is 13.9. The summed E-state index contributed by atoms with van der Waals surface area (Å²) in [6.07, 6.45) is 1.32. The first-order chi connectivity index (χ1) is 15.9. The van der Waals surface area contributed by atoms with Crippen LogP contribution in [0.2, 0.25) is 10.0 Å². The van der Waals surface area contributed by atoms with Crippen LogP contribution < -0.4 is 20.2 Å². The molecule has 2 amide bonds. The lowest BCUT2D eigenvalue weighted by Crippen LogP contribution is -2.32. The normalized spacial score (nSPS) is 10.7. The number of ether oxygens (including phenoxy) is 2. The molecule has 0 aliphatic carbocycles. The van der Waals surface area contributed by atoms with E-state index >= 15 is 0 Å². The van der Waals surface area contributed by atoms with Gasteiger partial charge >= 0.3 is 11.8 Å². The number of carbonyl (C=O) groups is 2. The Morgan fingerprint density at radius 1 is 1.00 bits per heavy atom. The quantitative estimate of drug-likeness (QED) is 0.283. The molecule has 33 heavy (non-hydrogen) atoms. The fourth-order valence-electron chi connectivity index (χ4n) is 2.66. The minimum atomic E-state index is -0.972. The van der Waals surface area contributed by atoms with Crippen LogP contribution in [0, 0.1) is 5.82 Å². The number of carbonyl (C=O) groups excluding carboxylic acids is 2. The second kappa shape index (κ2) is 11.3. The van der Waals surface area contributed by atoms with E-state index in [4.69, 9.17) is 32.7 Å². The molecule has 0 saturated carbocycles. The van der Waals surface area contributed by atoms with Gasteiger partial charge in [-0.05, 0) is 48.0 Å². The number of hydrazone groups is 1. The molecule has 0 heterocycles. The van der Waals surface area contributed by atoms with Crippen LogP contribution in [0.4, 0.5) is 10.1 Å². The van der Waals surface area contributed by atoms with Gasteiger partial charge in [-0.1, -0.05) is 41.4 Å². The molecule has 0 spiro atoms. The van der Waals surface area contributed by atoms with Gasteiger partial charge in [0.15, 0.2) is 11.5 Å². The number of halogens is 3. The molecule has 0 fully saturated rings. The fourth-order valence-corrected chi connectivity index (χ4v) is 3.06. The summed E-state index contributed by atoms with van der Waals surface area (Å²) < 4.78 is 24.9. The second-order valence-electron chi connectivity index (χ2n) is 6.53. The van der Waals surface area contributed by atoms with E-state index in [0.717, 1.165) is 0 Å². The molecule has 2 N–H and O–H groups in total. The molecular weight excluding hydrogens is 472 g/mol. The predicted octanol–water partition coefficient (Wildman–Crippen LogP) is 4.81. The molecule has 3 aromatic rings. The number of methoxy groups -OCH3 is 1. The topological polar surface area (TPSA) is 89.0 Å². The Balaban J connectivity index is 1.60. The highest BCUT2D eigenvalue weighted by Crippen LogP contribution is 2.29. The van der Waals surface area contributed by atoms with Crippen LogP contribution in [-0.4, -0.2) is 25.1 Å². The number of nitrogens with zero attached hydrogens (tertiary/aromatic N) is 1. The molecule has 170 valence electrons. The van der Waals surface area contributed by atoms with Crippen LogP contribution in [0.25, 0.3) is 0 Å². The van der Waals surface area contributed by atoms with Crippen molar-refractivity contribution in [2.45, 2.75) is 6.61 Å². The van der Waals surface area contributed by atoms with Gasteiger partial charge in [0, 0.05) is 5.56 Å². The van der Waals surface area contributed by atoms with Crippen LogP contribution in [-0.2, 0) is 16.2 Å². The zero-order valence-electron chi connectivity index (χ0n) is 17.3. The highest BCUT2D eigenvalue weighted by molar-refractivity contribution is 6.41. The molecule has 10 heteroatoms. The van der Waals surface area contributed by atoms with Crippen molar-refractivity contribution in [2.75, 3.05) is 12.4 Å². The number of anilines is 1. The number of rotatable bonds is 7. The highest BCUT2D eigenvalue weighted by Gasteiger charge is 2.14. The third-order valence-corrected chi connectivity index (χ3v) is 5.01. The summed E-state index contributed by atoms with van der Waals surface area (Å²) in [4.78, 5) is 23.9. The summed E-state index contributed by atoms with van der Waals surface area (Å²) in [6, 6.07) is 15.7. The standard InChI is InChI=1S/C23H18Cl2FN3O4/c1-32-21-11-14(9-10-20(21)33-13-15-16(24)6-4-7-18(15)26)12-27-29-23(31)22(30)28-19-8-3-2-5-17(19)25/h2-12H,13H2,1H3,(H,28,30)(H,29,31)/b27-12+. The molecule has 0 aromatic heterocycles. The lowest BCUT2D eigenvalue weighted by atomic mass is 10.2. The smallest absolute Gasteiger partial charge is 0.329 e. The molecule has 0 atom stereocenters. The number of hydrogen-bond donors (Lipinski definition) is 2. The first-order valence-corrected chi connectivity index (χ1v) is 10.3. The second-order valence-corrected chi connectivity index (χ2v) is 7.35. The van der Waals surface area contributed by atoms with Crippen molar-refractivity contribution in [3.8, 4) is 11.5 Å². The van der Waals surface area contributed by atoms with Gasteiger partial charge in [-0.15, -0.1) is 0 Å². The van der Waals surface area contributed by atoms with Gasteiger partial charge in [-0.3, -0.25) is 9.59 Å². The Kier molecular flexibility index (Phi) is 8.23. The van der Waals surface area contributed by atoms with Crippen LogP contribution >= 0.6 is 23.2 Å². The monoisotopic (exact) mass is 489 g/mol. The van der Waals surface area contributed by atoms with Gasteiger partial charge in [-0.2, -0.15) is 5.10 Å². The Labute approximate surface area is 199 Å². The van der Waals surface area contributed by atoms with Gasteiger partial charge in [0.25, 0.3) is 0 Å². The maximum absolute atomic E-state index is 13.9. The van der Waals surface area contributed by atoms with E-state index in [1.54, 1.807) is 48.5 Å². The number of benzene rings is 3. The Morgan fingerprint density at radius 3 is 2.48 bits per heavy atom. The van der Waals surface area contributed by atoms with Crippen molar-refractivity contribution < 1.29 is 23.5 Å². The highest BCUT2D eigenvalue weighted by atomic mass is 35.5. The Bertz CT molecular complexity index is 1180. The summed E-state index contributed by atoms with van der Waals surface area (Å²) in [7, 11) is 1.44. The van der Waals surface area contributed by atoms with Crippen molar-refractivity contribution in [1.82, 2.24) is 5.43 Å². The summed E-state index contributed by atoms with van der Waals surface area (Å²) in [5, 5.41) is 6.71. The van der Waals surface area contributed by atoms with Crippen molar-refractivity contribution >= 4 is 46.9 Å². The number of hydrogen-bond acceptors (Lipinski definition) is 5. The third kappa shape index (κ3) is 6.44. The summed E-state index contributed by atoms with van der Waals surface area (Å²) in [5.74, 6) is -1.65. The van der Waals surface area contributed by atoms with Crippen molar-refractivity contribution in [3.63, 3.8) is 0 Å². The first kappa shape index (κ1) is 24.0. The van der Waals surface area contributed by atoms with Crippen molar-refractivity contribution in [3.05, 3.63) is 87.7 Å². The van der Waals surface area contributed by atoms with E-state index < -0.39 is 17.6 Å². The molecule has 0 radical (unpaired) electrons. The van der Waals surface area contributed by atoms with Crippen LogP contribution in [0.15, 0.2) is 65.8 Å². The average molecular weight is 490 g/mol. The van der Waals surface area contributed by atoms with Gasteiger partial charge in [-0.25, -0.2) is 9.82 Å². The first-order valence-electron chi connectivity index (χ1n) is 9.51. The molecule has 0 bridgehead atoms. The van der Waals surface area contributed by atoms with Crippen LogP contribution in [0.5, 0.6) is 11.5 Å². The lowest BCUT2D eigenvalue weighted by molar-refractivity contribution is -0.136. The molecule has 7 nitrogen and oxygen atoms in total. The molecule has 3 aromatic carbocycles. The average Bonchev–Trinajstić information content (AvgIpc) is 2.80. The number of amides is 2. The minimum absolute atomic E-state index is 0.0914. The summed E-state index contributed by atoms with van der Waals surface area (Å²) >= 11 is 12.0. The van der Waals surface area contributed by atoms with Gasteiger partial charge in [0.05, 0.1) is 29.1 Å². The van der Waals surface area contributed by atoms with Gasteiger partial charge in [0.2, 0.25) is 0 Å². The number of nitrogens with one attached hydrogen (secondary N) is 2. The molecule has 0 saturated heterocycles. The van der Waals surface area contributed by atoms with Crippen LogP contribution in [0.3, 0.4) is 0 Å². The van der Waals surface area contributed by atoms with Crippen molar-refractivity contribution in [1.29, 1.82) is 0 Å². The third-order valence-electron chi connectivity index (χ3n) is 4.33. The molecule has 0 aliphatic heterocycles. The zero-order valence-corrected chi connectivity index (χ0v) is 18.8. The molecule has 3 rings (SSSR count). The minimum Gasteiger partial charge on any atom is -0.493 e. The SMILES string of the molecule is COc1cc(/C=N/NC(=O)C(=O)Nc2ccccc2Cl)ccc1OCc1c(F)cccc1Cl. The maximum Gasteiger partial charge on any atom is 0.329 e.